The second-order valence-electron chi connectivity index (χ2n) is 3.58. The fourth-order valence-electron chi connectivity index (χ4n) is 2.13. The van der Waals surface area contributed by atoms with Crippen molar-refractivity contribution in [3.05, 3.63) is 11.9 Å². The average molecular weight is 193 g/mol. The largest absolute Gasteiger partial charge is 0.373 e. The first kappa shape index (κ1) is 7.99. The Morgan fingerprint density at radius 1 is 1.57 bits per heavy atom. The van der Waals surface area contributed by atoms with Crippen LogP contribution in [-0.2, 0) is 4.74 Å². The van der Waals surface area contributed by atoms with Gasteiger partial charge in [-0.25, -0.2) is 9.79 Å². The van der Waals surface area contributed by atoms with Crippen LogP contribution >= 0.6 is 0 Å². The van der Waals surface area contributed by atoms with E-state index in [9.17, 15) is 4.79 Å². The number of hydrogen-bond donors (Lipinski definition) is 0. The summed E-state index contributed by atoms with van der Waals surface area (Å²) in [6, 6.07) is -0.164. The van der Waals surface area contributed by atoms with Crippen LogP contribution in [0, 0.1) is 0 Å². The van der Waals surface area contributed by atoms with Crippen LogP contribution in [0.2, 0.25) is 0 Å². The molecule has 0 spiro atoms. The minimum absolute atomic E-state index is 0.152. The van der Waals surface area contributed by atoms with E-state index in [4.69, 9.17) is 4.74 Å². The summed E-state index contributed by atoms with van der Waals surface area (Å²) in [4.78, 5) is 19.1. The van der Waals surface area contributed by atoms with E-state index in [-0.39, 0.29) is 12.2 Å². The van der Waals surface area contributed by atoms with Crippen molar-refractivity contribution in [2.45, 2.75) is 12.6 Å². The number of nitrogens with zero attached hydrogens (tertiary/aromatic N) is 3. The minimum Gasteiger partial charge on any atom is -0.373 e. The first-order chi connectivity index (χ1) is 6.86. The Morgan fingerprint density at radius 2 is 2.50 bits per heavy atom. The third-order valence-corrected chi connectivity index (χ3v) is 2.80. The van der Waals surface area contributed by atoms with Gasteiger partial charge in [0.1, 0.15) is 6.17 Å². The predicted molar refractivity (Wildman–Crippen MR) is 49.7 cm³/mol. The highest BCUT2D eigenvalue weighted by Gasteiger charge is 2.37. The lowest BCUT2D eigenvalue weighted by Gasteiger charge is -2.35. The average Bonchev–Trinajstić information content (AvgIpc) is 2.59. The van der Waals surface area contributed by atoms with E-state index >= 15 is 0 Å². The van der Waals surface area contributed by atoms with Crippen molar-refractivity contribution < 1.29 is 9.53 Å². The quantitative estimate of drug-likeness (QED) is 0.559. The summed E-state index contributed by atoms with van der Waals surface area (Å²) in [6.07, 6.45) is 4.53. The van der Waals surface area contributed by atoms with E-state index in [1.54, 1.807) is 11.1 Å². The SMILES string of the molecule is O=C1N=CCC2N1C=C1COCCN12. The molecule has 5 heteroatoms. The van der Waals surface area contributed by atoms with Gasteiger partial charge >= 0.3 is 6.03 Å². The summed E-state index contributed by atoms with van der Waals surface area (Å²) in [5, 5.41) is 0. The van der Waals surface area contributed by atoms with Gasteiger partial charge < -0.3 is 9.64 Å². The van der Waals surface area contributed by atoms with Gasteiger partial charge in [0.2, 0.25) is 0 Å². The highest BCUT2D eigenvalue weighted by atomic mass is 16.5. The highest BCUT2D eigenvalue weighted by Crippen LogP contribution is 2.28. The van der Waals surface area contributed by atoms with Crippen molar-refractivity contribution in [3.8, 4) is 0 Å². The number of aliphatic imine (C=N–C) groups is 1. The summed E-state index contributed by atoms with van der Waals surface area (Å²) in [7, 11) is 0. The molecule has 1 unspecified atom stereocenters. The van der Waals surface area contributed by atoms with Gasteiger partial charge in [0.05, 0.1) is 18.9 Å². The smallest absolute Gasteiger partial charge is 0.348 e. The molecule has 0 radical (unpaired) electrons. The van der Waals surface area contributed by atoms with Crippen LogP contribution in [-0.4, -0.2) is 48.0 Å². The molecule has 14 heavy (non-hydrogen) atoms. The van der Waals surface area contributed by atoms with Gasteiger partial charge in [0.25, 0.3) is 0 Å². The molecule has 3 aliphatic heterocycles. The first-order valence-corrected chi connectivity index (χ1v) is 4.76. The molecular weight excluding hydrogens is 182 g/mol. The van der Waals surface area contributed by atoms with Crippen LogP contribution in [0.15, 0.2) is 16.9 Å². The molecule has 3 aliphatic rings. The van der Waals surface area contributed by atoms with Gasteiger partial charge in [-0.15, -0.1) is 0 Å². The van der Waals surface area contributed by atoms with Crippen LogP contribution < -0.4 is 0 Å². The van der Waals surface area contributed by atoms with Crippen molar-refractivity contribution in [2.75, 3.05) is 19.8 Å². The van der Waals surface area contributed by atoms with Gasteiger partial charge in [-0.3, -0.25) is 4.90 Å². The molecule has 3 rings (SSSR count). The van der Waals surface area contributed by atoms with E-state index < -0.39 is 0 Å². The number of morpholine rings is 1. The van der Waals surface area contributed by atoms with Crippen molar-refractivity contribution in [2.24, 2.45) is 4.99 Å². The van der Waals surface area contributed by atoms with E-state index in [0.717, 1.165) is 25.3 Å². The molecular formula is C9H11N3O2. The molecule has 1 atom stereocenters. The third-order valence-electron chi connectivity index (χ3n) is 2.80. The number of carbonyl (C=O) groups is 1. The van der Waals surface area contributed by atoms with E-state index in [2.05, 4.69) is 9.89 Å². The van der Waals surface area contributed by atoms with Crippen LogP contribution in [0.4, 0.5) is 4.79 Å². The topological polar surface area (TPSA) is 45.1 Å². The Balaban J connectivity index is 1.93. The van der Waals surface area contributed by atoms with Gasteiger partial charge in [0.15, 0.2) is 0 Å². The summed E-state index contributed by atoms with van der Waals surface area (Å²) in [6.45, 7) is 2.22. The molecule has 0 aromatic rings. The minimum atomic E-state index is -0.164. The Labute approximate surface area is 81.6 Å². The molecule has 74 valence electrons. The maximum atomic E-state index is 11.4. The number of amides is 2. The number of fused-ring (bicyclic) bond motifs is 3. The molecule has 1 fully saturated rings. The highest BCUT2D eigenvalue weighted by molar-refractivity contribution is 5.87. The molecule has 2 amide bonds. The van der Waals surface area contributed by atoms with Gasteiger partial charge in [-0.1, -0.05) is 0 Å². The van der Waals surface area contributed by atoms with Crippen LogP contribution in [0.3, 0.4) is 0 Å². The van der Waals surface area contributed by atoms with Gasteiger partial charge in [-0.05, 0) is 0 Å². The zero-order valence-electron chi connectivity index (χ0n) is 7.72. The molecule has 5 nitrogen and oxygen atoms in total. The normalized spacial score (nSPS) is 30.1. The van der Waals surface area contributed by atoms with E-state index in [0.29, 0.717) is 6.61 Å². The molecule has 0 N–H and O–H groups in total. The number of hydrogen-bond acceptors (Lipinski definition) is 3. The van der Waals surface area contributed by atoms with Crippen LogP contribution in [0.1, 0.15) is 6.42 Å². The van der Waals surface area contributed by atoms with E-state index in [1.807, 2.05) is 6.20 Å². The maximum Gasteiger partial charge on any atom is 0.348 e. The van der Waals surface area contributed by atoms with Crippen LogP contribution in [0.5, 0.6) is 0 Å². The molecule has 0 aliphatic carbocycles. The summed E-state index contributed by atoms with van der Waals surface area (Å²) >= 11 is 0. The second kappa shape index (κ2) is 2.81. The van der Waals surface area contributed by atoms with Crippen LogP contribution in [0.25, 0.3) is 0 Å². The monoisotopic (exact) mass is 193 g/mol. The molecule has 3 heterocycles. The second-order valence-corrected chi connectivity index (χ2v) is 3.58. The van der Waals surface area contributed by atoms with E-state index in [1.165, 1.54) is 0 Å². The fourth-order valence-corrected chi connectivity index (χ4v) is 2.13. The Kier molecular flexibility index (Phi) is 1.61. The van der Waals surface area contributed by atoms with Crippen molar-refractivity contribution in [1.29, 1.82) is 0 Å². The lowest BCUT2D eigenvalue weighted by Crippen LogP contribution is -2.46. The molecule has 0 aromatic carbocycles. The number of urea groups is 1. The summed E-state index contributed by atoms with van der Waals surface area (Å²) < 4.78 is 5.34. The number of rotatable bonds is 0. The summed E-state index contributed by atoms with van der Waals surface area (Å²) in [5.41, 5.74) is 1.10. The molecule has 0 aromatic heterocycles. The zero-order chi connectivity index (χ0) is 9.54. The lowest BCUT2D eigenvalue weighted by molar-refractivity contribution is 0.0473. The van der Waals surface area contributed by atoms with Gasteiger partial charge in [-0.2, -0.15) is 0 Å². The third kappa shape index (κ3) is 0.988. The maximum absolute atomic E-state index is 11.4. The molecule has 1 saturated heterocycles. The molecule has 0 bridgehead atoms. The first-order valence-electron chi connectivity index (χ1n) is 4.76. The fraction of sp³-hybridized carbons (Fsp3) is 0.556. The predicted octanol–water partition coefficient (Wildman–Crippen LogP) is 0.396. The Bertz CT molecular complexity index is 337. The molecule has 0 saturated carbocycles. The van der Waals surface area contributed by atoms with Crippen molar-refractivity contribution in [1.82, 2.24) is 9.80 Å². The number of ether oxygens (including phenoxy) is 1. The van der Waals surface area contributed by atoms with Crippen molar-refractivity contribution >= 4 is 12.2 Å². The van der Waals surface area contributed by atoms with Crippen molar-refractivity contribution in [3.63, 3.8) is 0 Å². The summed E-state index contributed by atoms with van der Waals surface area (Å²) in [5.74, 6) is 0. The Hall–Kier alpha value is -1.36. The zero-order valence-corrected chi connectivity index (χ0v) is 7.72. The standard InChI is InChI=1S/C9H11N3O2/c13-9-10-2-1-8-11-3-4-14-6-7(11)5-12(8)9/h2,5,8H,1,3-4,6H2. The lowest BCUT2D eigenvalue weighted by atomic mass is 10.2. The number of carbonyl (C=O) groups excluding carboxylic acids is 1. The Morgan fingerprint density at radius 3 is 3.43 bits per heavy atom. The van der Waals surface area contributed by atoms with Gasteiger partial charge in [0, 0.05) is 25.4 Å².